The quantitative estimate of drug-likeness (QED) is 0.538. The highest BCUT2D eigenvalue weighted by atomic mass is 32.2. The SMILES string of the molecule is NC(Cc1c[nH]c2ccccc12)c1nnc2n1N=C(c1ccc(F)cc1F)CS2. The van der Waals surface area contributed by atoms with Crippen LogP contribution < -0.4 is 5.73 Å². The minimum Gasteiger partial charge on any atom is -0.361 e. The summed E-state index contributed by atoms with van der Waals surface area (Å²) in [6, 6.07) is 11.0. The Bertz CT molecular complexity index is 1240. The molecule has 0 aliphatic carbocycles. The van der Waals surface area contributed by atoms with Crippen LogP contribution in [0.4, 0.5) is 8.78 Å². The molecule has 0 spiro atoms. The lowest BCUT2D eigenvalue weighted by molar-refractivity contribution is 0.580. The lowest BCUT2D eigenvalue weighted by atomic mass is 10.1. The number of rotatable bonds is 4. The lowest BCUT2D eigenvalue weighted by Gasteiger charge is -2.16. The molecule has 2 aromatic heterocycles. The predicted molar refractivity (Wildman–Crippen MR) is 108 cm³/mol. The average molecular weight is 410 g/mol. The molecule has 1 aliphatic heterocycles. The van der Waals surface area contributed by atoms with Crippen LogP contribution in [0.25, 0.3) is 10.9 Å². The normalized spacial score (nSPS) is 14.7. The van der Waals surface area contributed by atoms with Gasteiger partial charge in [0.05, 0.1) is 11.8 Å². The predicted octanol–water partition coefficient (Wildman–Crippen LogP) is 3.64. The van der Waals surface area contributed by atoms with Crippen molar-refractivity contribution in [3.8, 4) is 0 Å². The summed E-state index contributed by atoms with van der Waals surface area (Å²) in [4.78, 5) is 3.24. The van der Waals surface area contributed by atoms with Gasteiger partial charge in [0.2, 0.25) is 5.16 Å². The van der Waals surface area contributed by atoms with Crippen molar-refractivity contribution in [1.82, 2.24) is 19.9 Å². The Morgan fingerprint density at radius 1 is 1.17 bits per heavy atom. The van der Waals surface area contributed by atoms with Crippen molar-refractivity contribution >= 4 is 28.4 Å². The van der Waals surface area contributed by atoms with Crippen molar-refractivity contribution in [1.29, 1.82) is 0 Å². The van der Waals surface area contributed by atoms with E-state index in [1.165, 1.54) is 23.9 Å². The van der Waals surface area contributed by atoms with Crippen LogP contribution in [0.15, 0.2) is 58.9 Å². The molecular weight excluding hydrogens is 394 g/mol. The molecule has 0 saturated heterocycles. The van der Waals surface area contributed by atoms with Crippen molar-refractivity contribution < 1.29 is 8.78 Å². The van der Waals surface area contributed by atoms with Gasteiger partial charge in [-0.25, -0.2) is 8.78 Å². The fourth-order valence-corrected chi connectivity index (χ4v) is 4.29. The minimum atomic E-state index is -0.648. The number of thioether (sulfide) groups is 1. The van der Waals surface area contributed by atoms with E-state index in [2.05, 4.69) is 20.3 Å². The number of halogens is 2. The van der Waals surface area contributed by atoms with Crippen LogP contribution in [0.5, 0.6) is 0 Å². The number of nitrogens with one attached hydrogen (secondary N) is 1. The fourth-order valence-electron chi connectivity index (χ4n) is 3.46. The molecule has 3 N–H and O–H groups in total. The van der Waals surface area contributed by atoms with E-state index in [1.54, 1.807) is 4.68 Å². The van der Waals surface area contributed by atoms with Gasteiger partial charge in [-0.15, -0.1) is 10.2 Å². The van der Waals surface area contributed by atoms with Gasteiger partial charge in [0.25, 0.3) is 0 Å². The summed E-state index contributed by atoms with van der Waals surface area (Å²) >= 11 is 1.39. The smallest absolute Gasteiger partial charge is 0.212 e. The van der Waals surface area contributed by atoms with Crippen molar-refractivity contribution in [2.45, 2.75) is 17.6 Å². The highest BCUT2D eigenvalue weighted by Crippen LogP contribution is 2.28. The first kappa shape index (κ1) is 18.0. The zero-order chi connectivity index (χ0) is 20.0. The number of hydrogen-bond donors (Lipinski definition) is 2. The van der Waals surface area contributed by atoms with E-state index in [4.69, 9.17) is 5.73 Å². The van der Waals surface area contributed by atoms with Crippen molar-refractivity contribution in [3.63, 3.8) is 0 Å². The van der Waals surface area contributed by atoms with E-state index in [0.717, 1.165) is 22.5 Å². The maximum absolute atomic E-state index is 14.2. The Kier molecular flexibility index (Phi) is 4.40. The average Bonchev–Trinajstić information content (AvgIpc) is 3.32. The largest absolute Gasteiger partial charge is 0.361 e. The number of aromatic amines is 1. The Morgan fingerprint density at radius 2 is 2.03 bits per heavy atom. The first-order valence-electron chi connectivity index (χ1n) is 9.02. The fraction of sp³-hybridized carbons (Fsp3) is 0.150. The summed E-state index contributed by atoms with van der Waals surface area (Å²) in [7, 11) is 0. The molecule has 1 unspecified atom stereocenters. The zero-order valence-electron chi connectivity index (χ0n) is 15.1. The van der Waals surface area contributed by atoms with E-state index in [9.17, 15) is 8.78 Å². The van der Waals surface area contributed by atoms with Gasteiger partial charge in [0, 0.05) is 34.5 Å². The number of hydrogen-bond acceptors (Lipinski definition) is 5. The van der Waals surface area contributed by atoms with Crippen LogP contribution in [0.1, 0.15) is 23.0 Å². The van der Waals surface area contributed by atoms with Crippen LogP contribution in [0.3, 0.4) is 0 Å². The molecule has 0 saturated carbocycles. The van der Waals surface area contributed by atoms with Crippen molar-refractivity contribution in [2.75, 3.05) is 5.75 Å². The van der Waals surface area contributed by atoms with Gasteiger partial charge >= 0.3 is 0 Å². The molecule has 2 aromatic carbocycles. The van der Waals surface area contributed by atoms with Gasteiger partial charge < -0.3 is 10.7 Å². The number of benzene rings is 2. The minimum absolute atomic E-state index is 0.259. The summed E-state index contributed by atoms with van der Waals surface area (Å²) in [5.41, 5.74) is 9.30. The van der Waals surface area contributed by atoms with Crippen molar-refractivity contribution in [2.24, 2.45) is 10.8 Å². The summed E-state index contributed by atoms with van der Waals surface area (Å²) in [6.45, 7) is 0. The molecule has 4 aromatic rings. The molecule has 0 amide bonds. The maximum Gasteiger partial charge on any atom is 0.212 e. The second-order valence-electron chi connectivity index (χ2n) is 6.78. The highest BCUT2D eigenvalue weighted by Gasteiger charge is 2.25. The number of nitrogens with zero attached hydrogens (tertiary/aromatic N) is 4. The molecular formula is C20H16F2N6S. The van der Waals surface area contributed by atoms with E-state index in [0.29, 0.717) is 28.9 Å². The van der Waals surface area contributed by atoms with Gasteiger partial charge in [0.15, 0.2) is 5.82 Å². The summed E-state index contributed by atoms with van der Waals surface area (Å²) < 4.78 is 29.0. The Labute approximate surface area is 168 Å². The Hall–Kier alpha value is -3.04. The third kappa shape index (κ3) is 3.22. The molecule has 0 bridgehead atoms. The number of para-hydroxylation sites is 1. The van der Waals surface area contributed by atoms with Crippen LogP contribution in [0.2, 0.25) is 0 Å². The van der Waals surface area contributed by atoms with Gasteiger partial charge in [-0.3, -0.25) is 0 Å². The molecule has 3 heterocycles. The third-order valence-corrected chi connectivity index (χ3v) is 5.81. The first-order chi connectivity index (χ1) is 14.1. The van der Waals surface area contributed by atoms with Gasteiger partial charge in [-0.2, -0.15) is 9.78 Å². The number of aromatic nitrogens is 4. The third-order valence-electron chi connectivity index (χ3n) is 4.88. The Balaban J connectivity index is 1.48. The van der Waals surface area contributed by atoms with E-state index >= 15 is 0 Å². The van der Waals surface area contributed by atoms with Crippen LogP contribution in [0, 0.1) is 11.6 Å². The molecule has 1 atom stereocenters. The van der Waals surface area contributed by atoms with Gasteiger partial charge in [-0.05, 0) is 30.2 Å². The molecule has 0 radical (unpaired) electrons. The van der Waals surface area contributed by atoms with Crippen LogP contribution in [-0.4, -0.2) is 31.3 Å². The van der Waals surface area contributed by atoms with Crippen LogP contribution in [-0.2, 0) is 6.42 Å². The molecule has 0 fully saturated rings. The monoisotopic (exact) mass is 410 g/mol. The molecule has 5 rings (SSSR count). The zero-order valence-corrected chi connectivity index (χ0v) is 16.0. The topological polar surface area (TPSA) is 84.9 Å². The van der Waals surface area contributed by atoms with Gasteiger partial charge in [0.1, 0.15) is 11.6 Å². The lowest BCUT2D eigenvalue weighted by Crippen LogP contribution is -2.21. The summed E-state index contributed by atoms with van der Waals surface area (Å²) in [6.07, 6.45) is 2.48. The summed E-state index contributed by atoms with van der Waals surface area (Å²) in [5.74, 6) is -0.358. The molecule has 1 aliphatic rings. The second kappa shape index (κ2) is 7.09. The number of H-pyrrole nitrogens is 1. The molecule has 9 heteroatoms. The summed E-state index contributed by atoms with van der Waals surface area (Å²) in [5, 5.41) is 14.6. The van der Waals surface area contributed by atoms with E-state index in [-0.39, 0.29) is 5.56 Å². The Morgan fingerprint density at radius 3 is 2.90 bits per heavy atom. The standard InChI is InChI=1S/C20H16F2N6S/c21-12-5-6-14(15(22)8-12)18-10-29-20-26-25-19(28(20)27-18)16(23)7-11-9-24-17-4-2-1-3-13(11)17/h1-6,8-9,16,24H,7,10,23H2. The van der Waals surface area contributed by atoms with Crippen molar-refractivity contribution in [3.05, 3.63) is 77.2 Å². The number of fused-ring (bicyclic) bond motifs is 2. The van der Waals surface area contributed by atoms with Gasteiger partial charge in [-0.1, -0.05) is 30.0 Å². The molecule has 146 valence electrons. The second-order valence-corrected chi connectivity index (χ2v) is 7.72. The molecule has 29 heavy (non-hydrogen) atoms. The number of nitrogens with two attached hydrogens (primary N) is 1. The first-order valence-corrected chi connectivity index (χ1v) is 10.0. The molecule has 6 nitrogen and oxygen atoms in total. The maximum atomic E-state index is 14.2. The van der Waals surface area contributed by atoms with Crippen LogP contribution >= 0.6 is 11.8 Å². The van der Waals surface area contributed by atoms with E-state index < -0.39 is 17.7 Å². The highest BCUT2D eigenvalue weighted by molar-refractivity contribution is 7.99. The van der Waals surface area contributed by atoms with E-state index in [1.807, 2.05) is 30.5 Å².